The van der Waals surface area contributed by atoms with Gasteiger partial charge in [0.1, 0.15) is 16.9 Å². The van der Waals surface area contributed by atoms with Crippen molar-refractivity contribution in [2.45, 2.75) is 25.2 Å². The lowest BCUT2D eigenvalue weighted by atomic mass is 10.2. The molecule has 1 saturated carbocycles. The van der Waals surface area contributed by atoms with Gasteiger partial charge in [-0.1, -0.05) is 0 Å². The van der Waals surface area contributed by atoms with Crippen LogP contribution in [0.3, 0.4) is 0 Å². The molecule has 1 aliphatic carbocycles. The van der Waals surface area contributed by atoms with Crippen LogP contribution in [0, 0.1) is 0 Å². The number of alkyl halides is 2. The van der Waals surface area contributed by atoms with Gasteiger partial charge in [0.15, 0.2) is 17.2 Å². The highest BCUT2D eigenvalue weighted by atomic mass is 19.3. The number of halogens is 2. The van der Waals surface area contributed by atoms with Gasteiger partial charge in [-0.2, -0.15) is 4.98 Å². The summed E-state index contributed by atoms with van der Waals surface area (Å²) in [5.74, 6) is 0.465. The minimum atomic E-state index is -2.91. The summed E-state index contributed by atoms with van der Waals surface area (Å²) >= 11 is 0. The van der Waals surface area contributed by atoms with Crippen LogP contribution in [0.15, 0.2) is 48.0 Å². The van der Waals surface area contributed by atoms with E-state index in [4.69, 9.17) is 10.5 Å². The molecule has 0 bridgehead atoms. The molecule has 0 aliphatic heterocycles. The molecule has 3 N–H and O–H groups in total. The number of rotatable bonds is 7. The summed E-state index contributed by atoms with van der Waals surface area (Å²) in [6.07, 6.45) is 7.62. The number of hydrogen-bond donors (Lipinski definition) is 2. The summed E-state index contributed by atoms with van der Waals surface area (Å²) in [6, 6.07) is 1.79. The van der Waals surface area contributed by atoms with Crippen LogP contribution in [-0.4, -0.2) is 29.1 Å². The van der Waals surface area contributed by atoms with Gasteiger partial charge >= 0.3 is 0 Å². The van der Waals surface area contributed by atoms with Gasteiger partial charge in [0.05, 0.1) is 18.0 Å². The molecule has 0 saturated heterocycles. The molecule has 0 amide bonds. The Morgan fingerprint density at radius 3 is 2.71 bits per heavy atom. The summed E-state index contributed by atoms with van der Waals surface area (Å²) < 4.78 is 37.2. The third-order valence-corrected chi connectivity index (χ3v) is 5.81. The number of aromatic nitrogens is 6. The van der Waals surface area contributed by atoms with Crippen molar-refractivity contribution in [2.24, 2.45) is 19.8 Å². The van der Waals surface area contributed by atoms with E-state index < -0.39 is 12.0 Å². The second-order valence-electron chi connectivity index (χ2n) is 8.23. The van der Waals surface area contributed by atoms with E-state index in [1.165, 1.54) is 27.7 Å². The van der Waals surface area contributed by atoms with E-state index in [0.29, 0.717) is 11.6 Å². The first kappa shape index (κ1) is 22.4. The Morgan fingerprint density at radius 2 is 2.06 bits per heavy atom. The predicted molar refractivity (Wildman–Crippen MR) is 125 cm³/mol. The predicted octanol–water partition coefficient (Wildman–Crippen LogP) is 3.35. The molecule has 0 atom stereocenters. The quantitative estimate of drug-likeness (QED) is 0.386. The van der Waals surface area contributed by atoms with E-state index in [9.17, 15) is 13.6 Å². The van der Waals surface area contributed by atoms with E-state index in [2.05, 4.69) is 25.3 Å². The summed E-state index contributed by atoms with van der Waals surface area (Å²) in [5.41, 5.74) is 6.74. The summed E-state index contributed by atoms with van der Waals surface area (Å²) in [5, 5.41) is 3.00. The molecule has 0 unspecified atom stereocenters. The van der Waals surface area contributed by atoms with E-state index in [1.807, 2.05) is 6.20 Å². The number of pyridine rings is 2. The Labute approximate surface area is 198 Å². The number of hydrogen-bond acceptors (Lipinski definition) is 8. The average molecular weight is 480 g/mol. The standard InChI is InChI=1S/C23H22F2N8O2/c1-32-11-13(12-3-4-12)7-14(22(32)34)30-23-31-21-19(33(23)2)18(20(24)25)17(10-29-21)35-16(8-26)15-9-27-5-6-28-15/h5-12,20H,3-4,26H2,1-2H3,(H,29,30,31)/b16-8+. The minimum absolute atomic E-state index is 0.0436. The van der Waals surface area contributed by atoms with Gasteiger partial charge < -0.3 is 24.9 Å². The minimum Gasteiger partial charge on any atom is -0.451 e. The van der Waals surface area contributed by atoms with Gasteiger partial charge in [-0.25, -0.2) is 18.7 Å². The highest BCUT2D eigenvalue weighted by Crippen LogP contribution is 2.41. The van der Waals surface area contributed by atoms with E-state index in [0.717, 1.165) is 30.8 Å². The summed E-state index contributed by atoms with van der Waals surface area (Å²) in [7, 11) is 3.24. The lowest BCUT2D eigenvalue weighted by molar-refractivity contribution is 0.149. The van der Waals surface area contributed by atoms with Crippen LogP contribution in [-0.2, 0) is 14.1 Å². The molecular formula is C23H22F2N8O2. The van der Waals surface area contributed by atoms with Gasteiger partial charge in [0, 0.05) is 38.9 Å². The maximum Gasteiger partial charge on any atom is 0.274 e. The first-order chi connectivity index (χ1) is 16.9. The number of nitrogens with one attached hydrogen (secondary N) is 1. The molecule has 4 aromatic rings. The number of imidazole rings is 1. The fourth-order valence-electron chi connectivity index (χ4n) is 3.89. The number of aryl methyl sites for hydroxylation is 2. The Kier molecular flexibility index (Phi) is 5.63. The van der Waals surface area contributed by atoms with E-state index in [-0.39, 0.29) is 39.9 Å². The molecule has 10 nitrogen and oxygen atoms in total. The van der Waals surface area contributed by atoms with Crippen LogP contribution in [0.5, 0.6) is 5.75 Å². The van der Waals surface area contributed by atoms with Gasteiger partial charge in [-0.3, -0.25) is 9.78 Å². The zero-order chi connectivity index (χ0) is 24.7. The highest BCUT2D eigenvalue weighted by molar-refractivity contribution is 5.82. The molecule has 5 rings (SSSR count). The van der Waals surface area contributed by atoms with E-state index in [1.54, 1.807) is 20.2 Å². The molecule has 0 radical (unpaired) electrons. The number of ether oxygens (including phenoxy) is 1. The molecule has 1 aliphatic rings. The van der Waals surface area contributed by atoms with Gasteiger partial charge in [0.2, 0.25) is 5.95 Å². The van der Waals surface area contributed by atoms with Crippen molar-refractivity contribution in [1.82, 2.24) is 29.1 Å². The van der Waals surface area contributed by atoms with Crippen LogP contribution < -0.4 is 21.3 Å². The van der Waals surface area contributed by atoms with Crippen molar-refractivity contribution in [3.8, 4) is 5.75 Å². The monoisotopic (exact) mass is 480 g/mol. The van der Waals surface area contributed by atoms with Gasteiger partial charge in [0.25, 0.3) is 12.0 Å². The number of nitrogens with two attached hydrogens (primary N) is 1. The molecule has 4 heterocycles. The topological polar surface area (TPSA) is 126 Å². The molecule has 35 heavy (non-hydrogen) atoms. The number of fused-ring (bicyclic) bond motifs is 1. The van der Waals surface area contributed by atoms with Crippen LogP contribution >= 0.6 is 0 Å². The first-order valence-electron chi connectivity index (χ1n) is 10.8. The molecular weight excluding hydrogens is 458 g/mol. The van der Waals surface area contributed by atoms with Crippen molar-refractivity contribution >= 4 is 28.6 Å². The molecule has 0 aromatic carbocycles. The van der Waals surface area contributed by atoms with Crippen molar-refractivity contribution < 1.29 is 13.5 Å². The van der Waals surface area contributed by atoms with Crippen molar-refractivity contribution in [1.29, 1.82) is 0 Å². The molecule has 1 fully saturated rings. The van der Waals surface area contributed by atoms with Crippen LogP contribution in [0.2, 0.25) is 0 Å². The van der Waals surface area contributed by atoms with Crippen LogP contribution in [0.25, 0.3) is 16.9 Å². The molecule has 4 aromatic heterocycles. The summed E-state index contributed by atoms with van der Waals surface area (Å²) in [4.78, 5) is 29.3. The van der Waals surface area contributed by atoms with Crippen molar-refractivity contribution in [3.05, 3.63) is 70.4 Å². The molecule has 180 valence electrons. The number of nitrogens with zero attached hydrogens (tertiary/aromatic N) is 6. The zero-order valence-corrected chi connectivity index (χ0v) is 18.9. The maximum absolute atomic E-state index is 14.3. The second kappa shape index (κ2) is 8.78. The van der Waals surface area contributed by atoms with E-state index >= 15 is 0 Å². The smallest absolute Gasteiger partial charge is 0.274 e. The Balaban J connectivity index is 1.56. The third-order valence-electron chi connectivity index (χ3n) is 5.81. The fourth-order valence-corrected chi connectivity index (χ4v) is 3.89. The average Bonchev–Trinajstić information content (AvgIpc) is 3.66. The van der Waals surface area contributed by atoms with Crippen molar-refractivity contribution in [3.63, 3.8) is 0 Å². The highest BCUT2D eigenvalue weighted by Gasteiger charge is 2.27. The zero-order valence-electron chi connectivity index (χ0n) is 18.9. The third kappa shape index (κ3) is 4.18. The van der Waals surface area contributed by atoms with Gasteiger partial charge in [-0.05, 0) is 30.4 Å². The lowest BCUT2D eigenvalue weighted by Crippen LogP contribution is -2.20. The summed E-state index contributed by atoms with van der Waals surface area (Å²) in [6.45, 7) is 0. The lowest BCUT2D eigenvalue weighted by Gasteiger charge is -2.14. The maximum atomic E-state index is 14.3. The first-order valence-corrected chi connectivity index (χ1v) is 10.8. The Hall–Kier alpha value is -4.35. The molecule has 12 heteroatoms. The van der Waals surface area contributed by atoms with Crippen LogP contribution in [0.1, 0.15) is 42.0 Å². The second-order valence-corrected chi connectivity index (χ2v) is 8.23. The number of anilines is 2. The Morgan fingerprint density at radius 1 is 1.26 bits per heavy atom. The van der Waals surface area contributed by atoms with Crippen molar-refractivity contribution in [2.75, 3.05) is 5.32 Å². The Bertz CT molecular complexity index is 1490. The van der Waals surface area contributed by atoms with Crippen LogP contribution in [0.4, 0.5) is 20.4 Å². The fraction of sp³-hybridized carbons (Fsp3) is 0.261. The van der Waals surface area contributed by atoms with Gasteiger partial charge in [-0.15, -0.1) is 0 Å². The largest absolute Gasteiger partial charge is 0.451 e. The molecule has 0 spiro atoms. The normalized spacial score (nSPS) is 14.0. The SMILES string of the molecule is Cn1cc(C2CC2)cc(Nc2nc3ncc(O/C(=C/N)c4cnccn4)c(C(F)F)c3n2C)c1=O.